The normalized spacial score (nSPS) is 15.5. The lowest BCUT2D eigenvalue weighted by atomic mass is 9.97. The first-order valence-electron chi connectivity index (χ1n) is 11.0. The molecular weight excluding hydrogens is 440 g/mol. The molecule has 1 saturated heterocycles. The number of amides is 1. The molecule has 0 atom stereocenters. The van der Waals surface area contributed by atoms with E-state index in [4.69, 9.17) is 4.42 Å². The van der Waals surface area contributed by atoms with Crippen molar-refractivity contribution in [3.8, 4) is 11.5 Å². The predicted molar refractivity (Wildman–Crippen MR) is 125 cm³/mol. The van der Waals surface area contributed by atoms with Crippen LogP contribution in [-0.4, -0.2) is 41.9 Å². The average molecular weight is 469 g/mol. The van der Waals surface area contributed by atoms with Crippen LogP contribution in [0.4, 0.5) is 6.01 Å². The molecule has 1 amide bonds. The molecule has 4 rings (SSSR count). The summed E-state index contributed by atoms with van der Waals surface area (Å²) in [6.07, 6.45) is 0.848. The zero-order valence-corrected chi connectivity index (χ0v) is 20.1. The molecule has 9 heteroatoms. The molecule has 1 aliphatic heterocycles. The van der Waals surface area contributed by atoms with Gasteiger partial charge in [0.2, 0.25) is 21.8 Å². The highest BCUT2D eigenvalue weighted by molar-refractivity contribution is 7.89. The lowest BCUT2D eigenvalue weighted by molar-refractivity contribution is -0.121. The number of benzene rings is 2. The summed E-state index contributed by atoms with van der Waals surface area (Å²) in [4.78, 5) is 13.1. The summed E-state index contributed by atoms with van der Waals surface area (Å²) < 4.78 is 33.9. The topological polar surface area (TPSA) is 105 Å². The highest BCUT2D eigenvalue weighted by Gasteiger charge is 2.34. The number of carbonyl (C=O) groups excluding carboxylic acids is 1. The van der Waals surface area contributed by atoms with Crippen LogP contribution in [0.2, 0.25) is 0 Å². The maximum absolute atomic E-state index is 13.4. The summed E-state index contributed by atoms with van der Waals surface area (Å²) in [7, 11) is -3.64. The minimum absolute atomic E-state index is 0.0374. The fraction of sp³-hybridized carbons (Fsp3) is 0.375. The summed E-state index contributed by atoms with van der Waals surface area (Å²) in [5, 5.41) is 10.5. The van der Waals surface area contributed by atoms with Crippen molar-refractivity contribution in [2.75, 3.05) is 18.4 Å². The fourth-order valence-corrected chi connectivity index (χ4v) is 6.28. The van der Waals surface area contributed by atoms with Crippen LogP contribution in [-0.2, 0) is 14.8 Å². The van der Waals surface area contributed by atoms with Gasteiger partial charge in [0.15, 0.2) is 0 Å². The Morgan fingerprint density at radius 1 is 1.00 bits per heavy atom. The summed E-state index contributed by atoms with van der Waals surface area (Å²) in [6.45, 7) is 8.12. The van der Waals surface area contributed by atoms with Gasteiger partial charge in [-0.25, -0.2) is 8.42 Å². The van der Waals surface area contributed by atoms with Crippen molar-refractivity contribution < 1.29 is 17.6 Å². The van der Waals surface area contributed by atoms with Gasteiger partial charge in [0, 0.05) is 24.6 Å². The second kappa shape index (κ2) is 9.07. The van der Waals surface area contributed by atoms with Crippen molar-refractivity contribution in [1.82, 2.24) is 14.5 Å². The van der Waals surface area contributed by atoms with Crippen LogP contribution in [0.25, 0.3) is 11.5 Å². The highest BCUT2D eigenvalue weighted by atomic mass is 32.2. The summed E-state index contributed by atoms with van der Waals surface area (Å²) in [6, 6.07) is 11.3. The molecule has 0 spiro atoms. The molecule has 1 fully saturated rings. The van der Waals surface area contributed by atoms with E-state index < -0.39 is 10.0 Å². The number of hydrogen-bond donors (Lipinski definition) is 1. The molecule has 2 aromatic carbocycles. The van der Waals surface area contributed by atoms with E-state index in [1.54, 1.807) is 0 Å². The molecule has 33 heavy (non-hydrogen) atoms. The van der Waals surface area contributed by atoms with Gasteiger partial charge in [0.1, 0.15) is 0 Å². The molecule has 0 radical (unpaired) electrons. The van der Waals surface area contributed by atoms with Crippen molar-refractivity contribution in [2.45, 2.75) is 45.4 Å². The molecule has 1 aliphatic rings. The van der Waals surface area contributed by atoms with E-state index in [9.17, 15) is 13.2 Å². The van der Waals surface area contributed by atoms with Crippen LogP contribution >= 0.6 is 0 Å². The number of sulfonamides is 1. The molecular formula is C24H28N4O4S. The van der Waals surface area contributed by atoms with E-state index in [0.29, 0.717) is 23.6 Å². The van der Waals surface area contributed by atoms with E-state index >= 15 is 0 Å². The molecule has 0 bridgehead atoms. The Bertz CT molecular complexity index is 1250. The quantitative estimate of drug-likeness (QED) is 0.607. The first kappa shape index (κ1) is 23.1. The maximum Gasteiger partial charge on any atom is 0.322 e. The van der Waals surface area contributed by atoms with E-state index in [-0.39, 0.29) is 30.9 Å². The van der Waals surface area contributed by atoms with Crippen LogP contribution in [0.15, 0.2) is 45.7 Å². The second-order valence-electron chi connectivity index (χ2n) is 8.54. The second-order valence-corrected chi connectivity index (χ2v) is 10.4. The average Bonchev–Trinajstić information content (AvgIpc) is 3.27. The molecule has 0 saturated carbocycles. The van der Waals surface area contributed by atoms with Gasteiger partial charge in [-0.15, -0.1) is 5.10 Å². The van der Waals surface area contributed by atoms with Gasteiger partial charge in [-0.2, -0.15) is 4.31 Å². The number of nitrogens with zero attached hydrogens (tertiary/aromatic N) is 3. The van der Waals surface area contributed by atoms with Crippen LogP contribution in [0.3, 0.4) is 0 Å². The van der Waals surface area contributed by atoms with Gasteiger partial charge in [-0.05, 0) is 74.9 Å². The first-order chi connectivity index (χ1) is 15.7. The summed E-state index contributed by atoms with van der Waals surface area (Å²) >= 11 is 0. The van der Waals surface area contributed by atoms with E-state index in [0.717, 1.165) is 27.8 Å². The van der Waals surface area contributed by atoms with Crippen LogP contribution in [0.5, 0.6) is 0 Å². The Balaban J connectivity index is 1.42. The number of hydrogen-bond acceptors (Lipinski definition) is 6. The van der Waals surface area contributed by atoms with Gasteiger partial charge >= 0.3 is 6.01 Å². The standard InChI is InChI=1S/C24H28N4O4S/c1-15-14-16(2)18(4)21(17(15)3)33(30,31)28-12-10-19(11-13-28)22(29)25-24-27-26-23(32-24)20-8-6-5-7-9-20/h5-9,14,19H,10-13H2,1-4H3,(H,25,27,29). The predicted octanol–water partition coefficient (Wildman–Crippen LogP) is 4.01. The maximum atomic E-state index is 13.4. The molecule has 3 aromatic rings. The Morgan fingerprint density at radius 2 is 1.61 bits per heavy atom. The lowest BCUT2D eigenvalue weighted by Crippen LogP contribution is -2.42. The van der Waals surface area contributed by atoms with Gasteiger partial charge in [0.05, 0.1) is 4.90 Å². The molecule has 1 N–H and O–H groups in total. The highest BCUT2D eigenvalue weighted by Crippen LogP contribution is 2.31. The summed E-state index contributed by atoms with van der Waals surface area (Å²) in [5.41, 5.74) is 4.24. The molecule has 0 aliphatic carbocycles. The Hall–Kier alpha value is -3.04. The molecule has 8 nitrogen and oxygen atoms in total. The third kappa shape index (κ3) is 4.56. The van der Waals surface area contributed by atoms with Crippen LogP contribution < -0.4 is 5.32 Å². The zero-order valence-electron chi connectivity index (χ0n) is 19.3. The number of anilines is 1. The van der Waals surface area contributed by atoms with Crippen molar-refractivity contribution in [1.29, 1.82) is 0 Å². The minimum atomic E-state index is -3.64. The van der Waals surface area contributed by atoms with Crippen molar-refractivity contribution in [3.63, 3.8) is 0 Å². The van der Waals surface area contributed by atoms with E-state index in [1.807, 2.05) is 64.1 Å². The van der Waals surface area contributed by atoms with Crippen molar-refractivity contribution >= 4 is 21.9 Å². The van der Waals surface area contributed by atoms with E-state index in [2.05, 4.69) is 15.5 Å². The third-order valence-corrected chi connectivity index (χ3v) is 8.57. The number of rotatable bonds is 5. The van der Waals surface area contributed by atoms with E-state index in [1.165, 1.54) is 4.31 Å². The monoisotopic (exact) mass is 468 g/mol. The van der Waals surface area contributed by atoms with Gasteiger partial charge in [-0.3, -0.25) is 10.1 Å². The lowest BCUT2D eigenvalue weighted by Gasteiger charge is -2.31. The Kier molecular flexibility index (Phi) is 6.36. The number of nitrogens with one attached hydrogen (secondary N) is 1. The summed E-state index contributed by atoms with van der Waals surface area (Å²) in [5.74, 6) is -0.245. The molecule has 174 valence electrons. The minimum Gasteiger partial charge on any atom is -0.403 e. The van der Waals surface area contributed by atoms with Crippen molar-refractivity contribution in [3.05, 3.63) is 58.7 Å². The fourth-order valence-electron chi connectivity index (χ4n) is 4.23. The number of carbonyl (C=O) groups is 1. The molecule has 0 unspecified atom stereocenters. The Labute approximate surface area is 194 Å². The Morgan fingerprint density at radius 3 is 2.21 bits per heavy atom. The van der Waals surface area contributed by atoms with Gasteiger partial charge in [-0.1, -0.05) is 29.4 Å². The third-order valence-electron chi connectivity index (χ3n) is 6.40. The van der Waals surface area contributed by atoms with Crippen molar-refractivity contribution in [2.24, 2.45) is 5.92 Å². The van der Waals surface area contributed by atoms with Gasteiger partial charge < -0.3 is 4.42 Å². The first-order valence-corrected chi connectivity index (χ1v) is 12.4. The largest absolute Gasteiger partial charge is 0.403 e. The number of aromatic nitrogens is 2. The van der Waals surface area contributed by atoms with Crippen LogP contribution in [0, 0.1) is 33.6 Å². The molecule has 2 heterocycles. The number of piperidine rings is 1. The molecule has 1 aromatic heterocycles. The zero-order chi connectivity index (χ0) is 23.8. The van der Waals surface area contributed by atoms with Crippen LogP contribution in [0.1, 0.15) is 35.1 Å². The number of aryl methyl sites for hydroxylation is 2. The smallest absolute Gasteiger partial charge is 0.322 e. The van der Waals surface area contributed by atoms with Gasteiger partial charge in [0.25, 0.3) is 0 Å². The SMILES string of the molecule is Cc1cc(C)c(C)c(S(=O)(=O)N2CCC(C(=O)Nc3nnc(-c4ccccc4)o3)CC2)c1C.